The largest absolute Gasteiger partial charge is 0.497 e. The molecule has 6 heteroatoms. The molecule has 0 radical (unpaired) electrons. The van der Waals surface area contributed by atoms with E-state index in [1.807, 2.05) is 24.3 Å². The molecule has 0 aliphatic rings. The lowest BCUT2D eigenvalue weighted by molar-refractivity contribution is 0.100. The van der Waals surface area contributed by atoms with Gasteiger partial charge in [-0.05, 0) is 23.8 Å². The summed E-state index contributed by atoms with van der Waals surface area (Å²) in [7, 11) is 1.60. The van der Waals surface area contributed by atoms with E-state index < -0.39 is 11.5 Å². The lowest BCUT2D eigenvalue weighted by Crippen LogP contribution is -2.18. The van der Waals surface area contributed by atoms with Crippen LogP contribution in [0, 0.1) is 0 Å². The highest BCUT2D eigenvalue weighted by molar-refractivity contribution is 6.06. The number of benzene rings is 2. The highest BCUT2D eigenvalue weighted by atomic mass is 16.5. The lowest BCUT2D eigenvalue weighted by Gasteiger charge is -2.08. The molecule has 23 heavy (non-hydrogen) atoms. The molecular weight excluding hydrogens is 294 g/mol. The molecule has 0 saturated carbocycles. The van der Waals surface area contributed by atoms with Crippen molar-refractivity contribution in [1.82, 2.24) is 10.2 Å². The molecular formula is C17H15N3O3. The van der Waals surface area contributed by atoms with Gasteiger partial charge in [0.1, 0.15) is 5.75 Å². The second kappa shape index (κ2) is 5.92. The van der Waals surface area contributed by atoms with Crippen LogP contribution in [-0.2, 0) is 6.42 Å². The summed E-state index contributed by atoms with van der Waals surface area (Å²) in [5, 5.41) is 7.46. The molecule has 0 spiro atoms. The first-order valence-electron chi connectivity index (χ1n) is 7.03. The Kier molecular flexibility index (Phi) is 3.80. The van der Waals surface area contributed by atoms with Gasteiger partial charge in [-0.3, -0.25) is 9.59 Å². The van der Waals surface area contributed by atoms with E-state index in [4.69, 9.17) is 10.5 Å². The molecule has 1 amide bonds. The van der Waals surface area contributed by atoms with Crippen LogP contribution >= 0.6 is 0 Å². The SMILES string of the molecule is COc1cccc(Cc2n[nH]c(=O)c3c(C(N)=O)cccc23)c1. The number of ether oxygens (including phenoxy) is 1. The summed E-state index contributed by atoms with van der Waals surface area (Å²) in [6.45, 7) is 0. The normalized spacial score (nSPS) is 10.7. The van der Waals surface area contributed by atoms with E-state index in [1.165, 1.54) is 6.07 Å². The summed E-state index contributed by atoms with van der Waals surface area (Å²) < 4.78 is 5.21. The Morgan fingerprint density at radius 1 is 1.26 bits per heavy atom. The average Bonchev–Trinajstić information content (AvgIpc) is 2.57. The van der Waals surface area contributed by atoms with Gasteiger partial charge in [0.25, 0.3) is 5.56 Å². The summed E-state index contributed by atoms with van der Waals surface area (Å²) in [6.07, 6.45) is 0.493. The van der Waals surface area contributed by atoms with Crippen LogP contribution in [0.15, 0.2) is 47.3 Å². The summed E-state index contributed by atoms with van der Waals surface area (Å²) in [4.78, 5) is 23.6. The topological polar surface area (TPSA) is 98.1 Å². The van der Waals surface area contributed by atoms with E-state index in [-0.39, 0.29) is 10.9 Å². The van der Waals surface area contributed by atoms with Gasteiger partial charge in [0, 0.05) is 11.8 Å². The van der Waals surface area contributed by atoms with Crippen molar-refractivity contribution in [2.45, 2.75) is 6.42 Å². The van der Waals surface area contributed by atoms with Crippen molar-refractivity contribution in [2.75, 3.05) is 7.11 Å². The van der Waals surface area contributed by atoms with Crippen LogP contribution in [-0.4, -0.2) is 23.2 Å². The Morgan fingerprint density at radius 3 is 2.78 bits per heavy atom. The number of aromatic nitrogens is 2. The first-order chi connectivity index (χ1) is 11.1. The lowest BCUT2D eigenvalue weighted by atomic mass is 10.0. The highest BCUT2D eigenvalue weighted by Crippen LogP contribution is 2.21. The molecule has 3 N–H and O–H groups in total. The van der Waals surface area contributed by atoms with Gasteiger partial charge in [0.2, 0.25) is 5.91 Å². The monoisotopic (exact) mass is 309 g/mol. The molecule has 2 aromatic carbocycles. The van der Waals surface area contributed by atoms with Gasteiger partial charge in [-0.1, -0.05) is 24.3 Å². The van der Waals surface area contributed by atoms with Crippen molar-refractivity contribution in [1.29, 1.82) is 0 Å². The molecule has 0 fully saturated rings. The van der Waals surface area contributed by atoms with Crippen LogP contribution in [0.2, 0.25) is 0 Å². The zero-order valence-corrected chi connectivity index (χ0v) is 12.5. The van der Waals surface area contributed by atoms with Crippen molar-refractivity contribution in [3.63, 3.8) is 0 Å². The minimum Gasteiger partial charge on any atom is -0.497 e. The number of nitrogens with zero attached hydrogens (tertiary/aromatic N) is 1. The third-order valence-electron chi connectivity index (χ3n) is 3.67. The number of carbonyl (C=O) groups is 1. The van der Waals surface area contributed by atoms with E-state index in [1.54, 1.807) is 19.2 Å². The highest BCUT2D eigenvalue weighted by Gasteiger charge is 2.14. The fraction of sp³-hybridized carbons (Fsp3) is 0.118. The Bertz CT molecular complexity index is 947. The molecule has 0 unspecified atom stereocenters. The first kappa shape index (κ1) is 14.8. The van der Waals surface area contributed by atoms with Crippen molar-refractivity contribution in [3.05, 3.63) is 69.6 Å². The maximum absolute atomic E-state index is 12.1. The van der Waals surface area contributed by atoms with Gasteiger partial charge in [0.15, 0.2) is 0 Å². The van der Waals surface area contributed by atoms with Crippen LogP contribution < -0.4 is 16.0 Å². The fourth-order valence-corrected chi connectivity index (χ4v) is 2.59. The standard InChI is InChI=1S/C17H15N3O3/c1-23-11-5-2-4-10(8-11)9-14-12-6-3-7-13(16(18)21)15(12)17(22)20-19-14/h2-8H,9H2,1H3,(H2,18,21)(H,20,22). The molecule has 0 bridgehead atoms. The number of hydrogen-bond acceptors (Lipinski definition) is 4. The van der Waals surface area contributed by atoms with E-state index in [0.717, 1.165) is 11.3 Å². The average molecular weight is 309 g/mol. The molecule has 0 aliphatic carbocycles. The maximum atomic E-state index is 12.1. The number of nitrogens with one attached hydrogen (secondary N) is 1. The van der Waals surface area contributed by atoms with Crippen molar-refractivity contribution in [3.8, 4) is 5.75 Å². The van der Waals surface area contributed by atoms with Crippen molar-refractivity contribution < 1.29 is 9.53 Å². The van der Waals surface area contributed by atoms with Crippen molar-refractivity contribution in [2.24, 2.45) is 5.73 Å². The predicted octanol–water partition coefficient (Wildman–Crippen LogP) is 1.62. The van der Waals surface area contributed by atoms with Crippen molar-refractivity contribution >= 4 is 16.7 Å². The third-order valence-corrected chi connectivity index (χ3v) is 3.67. The number of rotatable bonds is 4. The minimum absolute atomic E-state index is 0.193. The Labute approximate surface area is 131 Å². The Hall–Kier alpha value is -3.15. The fourth-order valence-electron chi connectivity index (χ4n) is 2.59. The summed E-state index contributed by atoms with van der Waals surface area (Å²) >= 11 is 0. The molecule has 6 nitrogen and oxygen atoms in total. The van der Waals surface area contributed by atoms with E-state index in [2.05, 4.69) is 10.2 Å². The summed E-state index contributed by atoms with van der Waals surface area (Å²) in [5.74, 6) is 0.105. The summed E-state index contributed by atoms with van der Waals surface area (Å²) in [6, 6.07) is 12.6. The molecule has 0 aliphatic heterocycles. The first-order valence-corrected chi connectivity index (χ1v) is 7.03. The number of aromatic amines is 1. The van der Waals surface area contributed by atoms with E-state index in [0.29, 0.717) is 17.5 Å². The summed E-state index contributed by atoms with van der Waals surface area (Å²) in [5.41, 5.74) is 6.77. The minimum atomic E-state index is -0.639. The number of amides is 1. The second-order valence-electron chi connectivity index (χ2n) is 5.12. The zero-order chi connectivity index (χ0) is 16.4. The van der Waals surface area contributed by atoms with Crippen LogP contribution in [0.4, 0.5) is 0 Å². The van der Waals surface area contributed by atoms with Crippen LogP contribution in [0.1, 0.15) is 21.6 Å². The molecule has 0 atom stereocenters. The Morgan fingerprint density at radius 2 is 2.04 bits per heavy atom. The molecule has 0 saturated heterocycles. The molecule has 3 rings (SSSR count). The van der Waals surface area contributed by atoms with Gasteiger partial charge in [-0.25, -0.2) is 5.10 Å². The molecule has 3 aromatic rings. The number of H-pyrrole nitrogens is 1. The van der Waals surface area contributed by atoms with Gasteiger partial charge in [0.05, 0.1) is 23.8 Å². The van der Waals surface area contributed by atoms with Crippen LogP contribution in [0.5, 0.6) is 5.75 Å². The quantitative estimate of drug-likeness (QED) is 0.765. The van der Waals surface area contributed by atoms with E-state index in [9.17, 15) is 9.59 Å². The number of primary amides is 1. The number of fused-ring (bicyclic) bond motifs is 1. The van der Waals surface area contributed by atoms with Crippen LogP contribution in [0.3, 0.4) is 0 Å². The number of carbonyl (C=O) groups excluding carboxylic acids is 1. The second-order valence-corrected chi connectivity index (χ2v) is 5.12. The van der Waals surface area contributed by atoms with Crippen LogP contribution in [0.25, 0.3) is 10.8 Å². The van der Waals surface area contributed by atoms with Gasteiger partial charge >= 0.3 is 0 Å². The van der Waals surface area contributed by atoms with E-state index >= 15 is 0 Å². The molecule has 116 valence electrons. The number of methoxy groups -OCH3 is 1. The maximum Gasteiger partial charge on any atom is 0.272 e. The van der Waals surface area contributed by atoms with Gasteiger partial charge in [-0.15, -0.1) is 0 Å². The molecule has 1 heterocycles. The number of hydrogen-bond donors (Lipinski definition) is 2. The zero-order valence-electron chi connectivity index (χ0n) is 12.5. The van der Waals surface area contributed by atoms with Gasteiger partial charge in [-0.2, -0.15) is 5.10 Å². The third kappa shape index (κ3) is 2.78. The smallest absolute Gasteiger partial charge is 0.272 e. The number of nitrogens with two attached hydrogens (primary N) is 1. The predicted molar refractivity (Wildman–Crippen MR) is 86.7 cm³/mol. The van der Waals surface area contributed by atoms with Gasteiger partial charge < -0.3 is 10.5 Å². The Balaban J connectivity index is 2.15. The molecule has 1 aromatic heterocycles.